The number of alkyl halides is 3. The second-order valence-electron chi connectivity index (χ2n) is 3.53. The third-order valence-electron chi connectivity index (χ3n) is 1.82. The summed E-state index contributed by atoms with van der Waals surface area (Å²) in [7, 11) is 0. The maximum absolute atomic E-state index is 11.7. The van der Waals surface area contributed by atoms with Gasteiger partial charge in [-0.1, -0.05) is 13.8 Å². The number of carbonyl (C=O) groups is 1. The first-order valence-corrected chi connectivity index (χ1v) is 4.57. The summed E-state index contributed by atoms with van der Waals surface area (Å²) in [4.78, 5) is 11.0. The first kappa shape index (κ1) is 14.0. The molecule has 4 N–H and O–H groups in total. The van der Waals surface area contributed by atoms with Crippen LogP contribution < -0.4 is 16.4 Å². The van der Waals surface area contributed by atoms with Crippen molar-refractivity contribution in [2.75, 3.05) is 13.1 Å². The fourth-order valence-corrected chi connectivity index (χ4v) is 0.898. The van der Waals surface area contributed by atoms with Crippen molar-refractivity contribution in [2.24, 2.45) is 11.7 Å². The molecule has 7 heteroatoms. The molecule has 0 aliphatic heterocycles. The van der Waals surface area contributed by atoms with Gasteiger partial charge in [0.05, 0.1) is 0 Å². The Morgan fingerprint density at radius 3 is 2.27 bits per heavy atom. The smallest absolute Gasteiger partial charge is 0.334 e. The van der Waals surface area contributed by atoms with Gasteiger partial charge in [-0.2, -0.15) is 13.2 Å². The van der Waals surface area contributed by atoms with Gasteiger partial charge in [0.25, 0.3) is 0 Å². The zero-order chi connectivity index (χ0) is 12.1. The number of nitrogens with one attached hydrogen (secondary N) is 2. The highest BCUT2D eigenvalue weighted by atomic mass is 19.4. The number of hydrogen-bond donors (Lipinski definition) is 3. The van der Waals surface area contributed by atoms with E-state index in [2.05, 4.69) is 5.32 Å². The molecule has 4 nitrogen and oxygen atoms in total. The largest absolute Gasteiger partial charge is 0.405 e. The summed E-state index contributed by atoms with van der Waals surface area (Å²) in [5.74, 6) is 0.0756. The van der Waals surface area contributed by atoms with Crippen LogP contribution in [-0.2, 0) is 0 Å². The zero-order valence-corrected chi connectivity index (χ0v) is 8.69. The van der Waals surface area contributed by atoms with Crippen LogP contribution >= 0.6 is 0 Å². The van der Waals surface area contributed by atoms with E-state index in [1.54, 1.807) is 5.32 Å². The molecule has 0 fully saturated rings. The molecular weight excluding hydrogens is 211 g/mol. The quantitative estimate of drug-likeness (QED) is 0.666. The van der Waals surface area contributed by atoms with Crippen LogP contribution in [0.15, 0.2) is 0 Å². The topological polar surface area (TPSA) is 67.1 Å². The first-order valence-electron chi connectivity index (χ1n) is 4.57. The van der Waals surface area contributed by atoms with E-state index in [4.69, 9.17) is 5.73 Å². The molecule has 15 heavy (non-hydrogen) atoms. The van der Waals surface area contributed by atoms with Crippen molar-refractivity contribution in [3.8, 4) is 0 Å². The standard InChI is InChI=1S/C8H16F3N3O/c1-5(2)6(3-12)14-7(15)13-4-8(9,10)11/h5-6H,3-4,12H2,1-2H3,(H2,13,14,15). The Balaban J connectivity index is 3.92. The lowest BCUT2D eigenvalue weighted by molar-refractivity contribution is -0.122. The Bertz CT molecular complexity index is 206. The van der Waals surface area contributed by atoms with Crippen LogP contribution in [0.25, 0.3) is 0 Å². The normalized spacial score (nSPS) is 13.8. The van der Waals surface area contributed by atoms with E-state index in [-0.39, 0.29) is 18.5 Å². The molecule has 0 aliphatic carbocycles. The van der Waals surface area contributed by atoms with Gasteiger partial charge in [0, 0.05) is 12.6 Å². The van der Waals surface area contributed by atoms with Gasteiger partial charge in [-0.05, 0) is 5.92 Å². The maximum atomic E-state index is 11.7. The highest BCUT2D eigenvalue weighted by Crippen LogP contribution is 2.12. The molecule has 0 saturated heterocycles. The Hall–Kier alpha value is -0.980. The van der Waals surface area contributed by atoms with Crippen molar-refractivity contribution < 1.29 is 18.0 Å². The third kappa shape index (κ3) is 7.01. The SMILES string of the molecule is CC(C)C(CN)NC(=O)NCC(F)(F)F. The van der Waals surface area contributed by atoms with Gasteiger partial charge >= 0.3 is 12.2 Å². The minimum Gasteiger partial charge on any atom is -0.334 e. The van der Waals surface area contributed by atoms with E-state index in [9.17, 15) is 18.0 Å². The molecule has 0 radical (unpaired) electrons. The van der Waals surface area contributed by atoms with Crippen LogP contribution in [0.5, 0.6) is 0 Å². The second-order valence-corrected chi connectivity index (χ2v) is 3.53. The number of rotatable bonds is 4. The number of urea groups is 1. The van der Waals surface area contributed by atoms with Gasteiger partial charge in [0.2, 0.25) is 0 Å². The van der Waals surface area contributed by atoms with Gasteiger partial charge in [-0.25, -0.2) is 4.79 Å². The Morgan fingerprint density at radius 1 is 1.40 bits per heavy atom. The van der Waals surface area contributed by atoms with Crippen molar-refractivity contribution in [3.63, 3.8) is 0 Å². The average Bonchev–Trinajstić information content (AvgIpc) is 2.09. The lowest BCUT2D eigenvalue weighted by atomic mass is 10.1. The summed E-state index contributed by atoms with van der Waals surface area (Å²) in [6.07, 6.45) is -4.40. The lowest BCUT2D eigenvalue weighted by Gasteiger charge is -2.20. The van der Waals surface area contributed by atoms with Crippen LogP contribution in [0, 0.1) is 5.92 Å². The first-order chi connectivity index (χ1) is 6.76. The molecule has 0 aromatic heterocycles. The number of halogens is 3. The summed E-state index contributed by atoms with van der Waals surface area (Å²) >= 11 is 0. The minimum absolute atomic E-state index is 0.0756. The fraction of sp³-hybridized carbons (Fsp3) is 0.875. The highest BCUT2D eigenvalue weighted by molar-refractivity contribution is 5.74. The Kier molecular flexibility index (Phi) is 5.41. The van der Waals surface area contributed by atoms with Crippen molar-refractivity contribution in [1.29, 1.82) is 0 Å². The van der Waals surface area contributed by atoms with Gasteiger partial charge in [0.1, 0.15) is 6.54 Å². The molecule has 0 saturated carbocycles. The van der Waals surface area contributed by atoms with Crippen LogP contribution in [0.1, 0.15) is 13.8 Å². The van der Waals surface area contributed by atoms with Crippen molar-refractivity contribution in [3.05, 3.63) is 0 Å². The summed E-state index contributed by atoms with van der Waals surface area (Å²) in [5.41, 5.74) is 5.34. The maximum Gasteiger partial charge on any atom is 0.405 e. The number of nitrogens with two attached hydrogens (primary N) is 1. The van der Waals surface area contributed by atoms with Crippen LogP contribution in [-0.4, -0.2) is 31.3 Å². The average molecular weight is 227 g/mol. The molecule has 0 aromatic rings. The summed E-state index contributed by atoms with van der Waals surface area (Å²) < 4.78 is 35.2. The van der Waals surface area contributed by atoms with E-state index in [1.807, 2.05) is 13.8 Å². The monoisotopic (exact) mass is 227 g/mol. The molecule has 0 aromatic carbocycles. The van der Waals surface area contributed by atoms with E-state index < -0.39 is 18.8 Å². The molecule has 0 heterocycles. The van der Waals surface area contributed by atoms with Gasteiger partial charge in [-0.15, -0.1) is 0 Å². The van der Waals surface area contributed by atoms with Crippen LogP contribution in [0.2, 0.25) is 0 Å². The summed E-state index contributed by atoms with van der Waals surface area (Å²) in [6.45, 7) is 2.49. The van der Waals surface area contributed by atoms with E-state index in [0.29, 0.717) is 0 Å². The zero-order valence-electron chi connectivity index (χ0n) is 8.69. The van der Waals surface area contributed by atoms with Crippen molar-refractivity contribution in [1.82, 2.24) is 10.6 Å². The fourth-order valence-electron chi connectivity index (χ4n) is 0.898. The van der Waals surface area contributed by atoms with Gasteiger partial charge in [-0.3, -0.25) is 0 Å². The highest BCUT2D eigenvalue weighted by Gasteiger charge is 2.28. The van der Waals surface area contributed by atoms with E-state index >= 15 is 0 Å². The molecule has 90 valence electrons. The second kappa shape index (κ2) is 5.79. The number of carbonyl (C=O) groups excluding carboxylic acids is 1. The van der Waals surface area contributed by atoms with Crippen LogP contribution in [0.4, 0.5) is 18.0 Å². The lowest BCUT2D eigenvalue weighted by Crippen LogP contribution is -2.49. The molecule has 1 unspecified atom stereocenters. The summed E-state index contributed by atoms with van der Waals surface area (Å²) in [5, 5.41) is 4.08. The van der Waals surface area contributed by atoms with Gasteiger partial charge < -0.3 is 16.4 Å². The van der Waals surface area contributed by atoms with Crippen molar-refractivity contribution >= 4 is 6.03 Å². The Labute approximate surface area is 86.4 Å². The Morgan fingerprint density at radius 2 is 1.93 bits per heavy atom. The molecule has 0 bridgehead atoms. The van der Waals surface area contributed by atoms with E-state index in [0.717, 1.165) is 0 Å². The molecule has 2 amide bonds. The van der Waals surface area contributed by atoms with Crippen molar-refractivity contribution in [2.45, 2.75) is 26.1 Å². The number of amides is 2. The predicted molar refractivity (Wildman–Crippen MR) is 50.3 cm³/mol. The summed E-state index contributed by atoms with van der Waals surface area (Å²) in [6, 6.07) is -1.17. The molecule has 0 spiro atoms. The predicted octanol–water partition coefficient (Wildman–Crippen LogP) is 0.831. The molecule has 1 atom stereocenters. The van der Waals surface area contributed by atoms with E-state index in [1.165, 1.54) is 0 Å². The minimum atomic E-state index is -4.40. The number of hydrogen-bond acceptors (Lipinski definition) is 2. The van der Waals surface area contributed by atoms with Gasteiger partial charge in [0.15, 0.2) is 0 Å². The molecular formula is C8H16F3N3O. The van der Waals surface area contributed by atoms with Crippen LogP contribution in [0.3, 0.4) is 0 Å². The molecule has 0 rings (SSSR count). The molecule has 0 aliphatic rings. The third-order valence-corrected chi connectivity index (χ3v) is 1.82.